The highest BCUT2D eigenvalue weighted by Crippen LogP contribution is 2.65. The van der Waals surface area contributed by atoms with Gasteiger partial charge in [0.05, 0.1) is 28.2 Å². The summed E-state index contributed by atoms with van der Waals surface area (Å²) in [5.41, 5.74) is 2.29. The van der Waals surface area contributed by atoms with E-state index in [9.17, 15) is 8.42 Å². The molecule has 3 aliphatic rings. The molecule has 3 heterocycles. The Morgan fingerprint density at radius 2 is 1.39 bits per heavy atom. The molecule has 4 atom stereocenters. The van der Waals surface area contributed by atoms with Gasteiger partial charge in [0.15, 0.2) is 0 Å². The van der Waals surface area contributed by atoms with Gasteiger partial charge in [-0.25, -0.2) is 8.42 Å². The van der Waals surface area contributed by atoms with E-state index in [1.54, 1.807) is 16.4 Å². The number of rotatable bonds is 3. The van der Waals surface area contributed by atoms with Crippen LogP contribution < -0.4 is 0 Å². The van der Waals surface area contributed by atoms with Gasteiger partial charge in [-0.3, -0.25) is 0 Å². The predicted octanol–water partition coefficient (Wildman–Crippen LogP) is 4.89. The average molecular weight is 439 g/mol. The van der Waals surface area contributed by atoms with Crippen LogP contribution in [0.15, 0.2) is 53.4 Å². The SMILES string of the molecule is Cc1ccc(S(=O)(=O)N2[C@@H]3c4ccccc4[C@H]2C(C)[C@@H]3B2OC(C)(C)C(C)(C)O2)cc1. The van der Waals surface area contributed by atoms with Gasteiger partial charge in [-0.05, 0) is 63.8 Å². The summed E-state index contributed by atoms with van der Waals surface area (Å²) < 4.78 is 42.3. The number of nitrogens with zero attached hydrogens (tertiary/aromatic N) is 1. The molecule has 0 spiro atoms. The molecule has 0 saturated carbocycles. The minimum Gasteiger partial charge on any atom is -0.403 e. The topological polar surface area (TPSA) is 55.8 Å². The fourth-order valence-corrected chi connectivity index (χ4v) is 7.34. The monoisotopic (exact) mass is 439 g/mol. The zero-order valence-corrected chi connectivity index (χ0v) is 19.8. The summed E-state index contributed by atoms with van der Waals surface area (Å²) in [6.45, 7) is 12.3. The quantitative estimate of drug-likeness (QED) is 0.639. The van der Waals surface area contributed by atoms with Crippen molar-refractivity contribution in [2.75, 3.05) is 0 Å². The third kappa shape index (κ3) is 2.90. The number of sulfonamides is 1. The Morgan fingerprint density at radius 3 is 1.94 bits per heavy atom. The Labute approximate surface area is 185 Å². The van der Waals surface area contributed by atoms with Crippen molar-refractivity contribution in [2.45, 2.75) is 75.5 Å². The Bertz CT molecular complexity index is 1110. The summed E-state index contributed by atoms with van der Waals surface area (Å²) in [6.07, 6.45) is 0. The van der Waals surface area contributed by atoms with Gasteiger partial charge in [0.1, 0.15) is 0 Å². The number of fused-ring (bicyclic) bond motifs is 5. The maximum Gasteiger partial charge on any atom is 0.463 e. The fraction of sp³-hybridized carbons (Fsp3) is 0.500. The van der Waals surface area contributed by atoms with Gasteiger partial charge in [0, 0.05) is 5.82 Å². The molecule has 3 aliphatic heterocycles. The van der Waals surface area contributed by atoms with Crippen LogP contribution in [-0.2, 0) is 19.3 Å². The van der Waals surface area contributed by atoms with Crippen LogP contribution in [0, 0.1) is 12.8 Å². The van der Waals surface area contributed by atoms with Gasteiger partial charge in [-0.15, -0.1) is 0 Å². The van der Waals surface area contributed by atoms with Crippen LogP contribution in [0.1, 0.15) is 63.4 Å². The van der Waals surface area contributed by atoms with Gasteiger partial charge in [0.2, 0.25) is 10.0 Å². The van der Waals surface area contributed by atoms with E-state index in [-0.39, 0.29) is 23.8 Å². The summed E-state index contributed by atoms with van der Waals surface area (Å²) in [5, 5.41) is 0. The van der Waals surface area contributed by atoms with E-state index in [1.807, 2.05) is 58.9 Å². The van der Waals surface area contributed by atoms with Crippen LogP contribution in [0.5, 0.6) is 0 Å². The molecule has 0 N–H and O–H groups in total. The maximum atomic E-state index is 13.9. The Morgan fingerprint density at radius 1 is 0.871 bits per heavy atom. The van der Waals surface area contributed by atoms with E-state index in [2.05, 4.69) is 19.1 Å². The molecule has 2 aromatic rings. The zero-order chi connectivity index (χ0) is 22.3. The van der Waals surface area contributed by atoms with Crippen molar-refractivity contribution in [1.29, 1.82) is 0 Å². The van der Waals surface area contributed by atoms with Gasteiger partial charge < -0.3 is 9.31 Å². The third-order valence-corrected chi connectivity index (χ3v) is 9.71. The van der Waals surface area contributed by atoms with Gasteiger partial charge in [0.25, 0.3) is 0 Å². The normalized spacial score (nSPS) is 31.2. The lowest BCUT2D eigenvalue weighted by atomic mass is 9.58. The second kappa shape index (κ2) is 6.67. The van der Waals surface area contributed by atoms with E-state index in [0.29, 0.717) is 4.90 Å². The first kappa shape index (κ1) is 21.2. The Hall–Kier alpha value is -1.67. The fourth-order valence-electron chi connectivity index (χ4n) is 5.46. The Kier molecular flexibility index (Phi) is 4.56. The molecule has 2 saturated heterocycles. The highest BCUT2D eigenvalue weighted by molar-refractivity contribution is 7.89. The van der Waals surface area contributed by atoms with E-state index in [1.165, 1.54) is 0 Å². The van der Waals surface area contributed by atoms with E-state index in [4.69, 9.17) is 9.31 Å². The van der Waals surface area contributed by atoms with Crippen LogP contribution in [0.4, 0.5) is 0 Å². The summed E-state index contributed by atoms with van der Waals surface area (Å²) in [6, 6.07) is 14.7. The minimum absolute atomic E-state index is 0.0647. The number of hydrogen-bond acceptors (Lipinski definition) is 4. The molecule has 7 heteroatoms. The molecule has 2 fully saturated rings. The standard InChI is InChI=1S/C24H30BNO4S/c1-15-11-13-17(14-12-15)31(27,28)26-21-16(2)20(22(26)19-10-8-7-9-18(19)21)25-29-23(3,4)24(5,6)30-25/h7-14,16,20-22H,1-6H3/t16?,20-,21+,22+/m0/s1. The van der Waals surface area contributed by atoms with E-state index >= 15 is 0 Å². The van der Waals surface area contributed by atoms with Crippen molar-refractivity contribution in [2.24, 2.45) is 5.92 Å². The van der Waals surface area contributed by atoms with E-state index < -0.39 is 28.3 Å². The van der Waals surface area contributed by atoms with Crippen molar-refractivity contribution in [3.8, 4) is 0 Å². The largest absolute Gasteiger partial charge is 0.463 e. The first-order chi connectivity index (χ1) is 14.5. The molecule has 5 rings (SSSR count). The van der Waals surface area contributed by atoms with Crippen molar-refractivity contribution >= 4 is 17.1 Å². The number of aryl methyl sites for hydroxylation is 1. The van der Waals surface area contributed by atoms with Crippen molar-refractivity contribution in [3.63, 3.8) is 0 Å². The van der Waals surface area contributed by atoms with Crippen LogP contribution in [0.3, 0.4) is 0 Å². The third-order valence-electron chi connectivity index (χ3n) is 7.83. The molecule has 31 heavy (non-hydrogen) atoms. The maximum absolute atomic E-state index is 13.9. The molecular weight excluding hydrogens is 409 g/mol. The van der Waals surface area contributed by atoms with Gasteiger partial charge in [-0.1, -0.05) is 48.9 Å². The Balaban J connectivity index is 1.61. The molecule has 1 unspecified atom stereocenters. The van der Waals surface area contributed by atoms with Crippen molar-refractivity contribution in [3.05, 3.63) is 65.2 Å². The van der Waals surface area contributed by atoms with E-state index in [0.717, 1.165) is 16.7 Å². The smallest absolute Gasteiger partial charge is 0.403 e. The highest BCUT2D eigenvalue weighted by Gasteiger charge is 2.66. The highest BCUT2D eigenvalue weighted by atomic mass is 32.2. The van der Waals surface area contributed by atoms with Crippen molar-refractivity contribution < 1.29 is 17.7 Å². The average Bonchev–Trinajstić information content (AvgIpc) is 3.26. The van der Waals surface area contributed by atoms with Gasteiger partial charge >= 0.3 is 7.12 Å². The lowest BCUT2D eigenvalue weighted by molar-refractivity contribution is 0.00578. The molecule has 5 nitrogen and oxygen atoms in total. The molecule has 2 bridgehead atoms. The minimum atomic E-state index is -3.69. The molecular formula is C24H30BNO4S. The summed E-state index contributed by atoms with van der Waals surface area (Å²) in [4.78, 5) is 0.336. The van der Waals surface area contributed by atoms with Crippen LogP contribution in [0.2, 0.25) is 5.82 Å². The predicted molar refractivity (Wildman–Crippen MR) is 121 cm³/mol. The second-order valence-electron chi connectivity index (χ2n) is 10.2. The first-order valence-electron chi connectivity index (χ1n) is 11.0. The zero-order valence-electron chi connectivity index (χ0n) is 19.0. The van der Waals surface area contributed by atoms with Crippen molar-refractivity contribution in [1.82, 2.24) is 4.31 Å². The lowest BCUT2D eigenvalue weighted by Gasteiger charge is -2.32. The van der Waals surface area contributed by atoms with Crippen LogP contribution >= 0.6 is 0 Å². The molecule has 0 radical (unpaired) electrons. The summed E-state index contributed by atoms with van der Waals surface area (Å²) >= 11 is 0. The lowest BCUT2D eigenvalue weighted by Crippen LogP contribution is -2.41. The van der Waals surface area contributed by atoms with Crippen LogP contribution in [0.25, 0.3) is 0 Å². The summed E-state index contributed by atoms with van der Waals surface area (Å²) in [7, 11) is -4.15. The molecule has 164 valence electrons. The number of benzene rings is 2. The molecule has 0 aromatic heterocycles. The van der Waals surface area contributed by atoms with Gasteiger partial charge in [-0.2, -0.15) is 4.31 Å². The molecule has 2 aromatic carbocycles. The number of hydrogen-bond donors (Lipinski definition) is 0. The molecule has 0 aliphatic carbocycles. The molecule has 0 amide bonds. The van der Waals surface area contributed by atoms with Crippen LogP contribution in [-0.4, -0.2) is 31.0 Å². The summed E-state index contributed by atoms with van der Waals surface area (Å²) in [5.74, 6) is -0.0176. The second-order valence-corrected chi connectivity index (χ2v) is 12.1. The first-order valence-corrected chi connectivity index (χ1v) is 12.4.